The van der Waals surface area contributed by atoms with Gasteiger partial charge in [-0.25, -0.2) is 4.79 Å². The van der Waals surface area contributed by atoms with Crippen LogP contribution in [-0.2, 0) is 0 Å². The lowest BCUT2D eigenvalue weighted by Crippen LogP contribution is -2.19. The molecule has 124 valence electrons. The number of hydrogen-bond acceptors (Lipinski definition) is 3. The number of rotatable bonds is 4. The van der Waals surface area contributed by atoms with Gasteiger partial charge in [-0.05, 0) is 42.8 Å². The molecule has 6 nitrogen and oxygen atoms in total. The van der Waals surface area contributed by atoms with Gasteiger partial charge in [-0.3, -0.25) is 9.59 Å². The predicted octanol–water partition coefficient (Wildman–Crippen LogP) is 2.96. The summed E-state index contributed by atoms with van der Waals surface area (Å²) in [5, 5.41) is 14.1. The summed E-state index contributed by atoms with van der Waals surface area (Å²) in [7, 11) is 1.52. The molecule has 0 radical (unpaired) electrons. The van der Waals surface area contributed by atoms with Crippen molar-refractivity contribution < 1.29 is 19.5 Å². The molecule has 0 bridgehead atoms. The zero-order valence-electron chi connectivity index (χ0n) is 13.0. The Morgan fingerprint density at radius 3 is 2.25 bits per heavy atom. The number of carboxylic acids is 1. The van der Waals surface area contributed by atoms with Crippen LogP contribution in [0.25, 0.3) is 0 Å². The molecular weight excluding hydrogens is 332 g/mol. The van der Waals surface area contributed by atoms with Crippen LogP contribution in [0.5, 0.6) is 0 Å². The highest BCUT2D eigenvalue weighted by atomic mass is 35.5. The second-order valence-electron chi connectivity index (χ2n) is 5.06. The van der Waals surface area contributed by atoms with Crippen LogP contribution < -0.4 is 10.6 Å². The lowest BCUT2D eigenvalue weighted by molar-refractivity contribution is 0.0696. The minimum atomic E-state index is -1.13. The minimum Gasteiger partial charge on any atom is -0.478 e. The van der Waals surface area contributed by atoms with Gasteiger partial charge in [-0.1, -0.05) is 17.7 Å². The van der Waals surface area contributed by atoms with Crippen LogP contribution in [0.15, 0.2) is 36.4 Å². The van der Waals surface area contributed by atoms with E-state index in [1.165, 1.54) is 25.2 Å². The number of nitrogens with one attached hydrogen (secondary N) is 2. The van der Waals surface area contributed by atoms with Gasteiger partial charge in [-0.15, -0.1) is 0 Å². The Morgan fingerprint density at radius 1 is 1.00 bits per heavy atom. The molecule has 0 fully saturated rings. The van der Waals surface area contributed by atoms with Crippen LogP contribution in [0.2, 0.25) is 5.02 Å². The maximum absolute atomic E-state index is 12.4. The van der Waals surface area contributed by atoms with Crippen LogP contribution in [0.4, 0.5) is 5.69 Å². The third kappa shape index (κ3) is 3.72. The summed E-state index contributed by atoms with van der Waals surface area (Å²) in [6.07, 6.45) is 0. The summed E-state index contributed by atoms with van der Waals surface area (Å²) in [5.74, 6) is -1.89. The Morgan fingerprint density at radius 2 is 1.67 bits per heavy atom. The van der Waals surface area contributed by atoms with Gasteiger partial charge in [0, 0.05) is 18.3 Å². The van der Waals surface area contributed by atoms with Crippen LogP contribution in [0, 0.1) is 6.92 Å². The summed E-state index contributed by atoms with van der Waals surface area (Å²) in [6, 6.07) is 8.79. The second-order valence-corrected chi connectivity index (χ2v) is 5.47. The van der Waals surface area contributed by atoms with E-state index in [2.05, 4.69) is 10.6 Å². The van der Waals surface area contributed by atoms with Crippen molar-refractivity contribution in [2.45, 2.75) is 6.92 Å². The first-order valence-electron chi connectivity index (χ1n) is 7.00. The first-order valence-corrected chi connectivity index (χ1v) is 7.38. The molecule has 7 heteroatoms. The minimum absolute atomic E-state index is 0.00524. The third-order valence-electron chi connectivity index (χ3n) is 3.44. The maximum Gasteiger partial charge on any atom is 0.335 e. The molecule has 3 N–H and O–H groups in total. The molecule has 0 saturated carbocycles. The Bertz CT molecular complexity index is 833. The van der Waals surface area contributed by atoms with Crippen molar-refractivity contribution in [3.63, 3.8) is 0 Å². The van der Waals surface area contributed by atoms with Gasteiger partial charge in [0.25, 0.3) is 11.8 Å². The number of benzene rings is 2. The molecule has 0 aromatic heterocycles. The number of carboxylic acid groups (broad SMARTS) is 1. The number of carbonyl (C=O) groups excluding carboxylic acids is 2. The molecule has 24 heavy (non-hydrogen) atoms. The average Bonchev–Trinajstić information content (AvgIpc) is 2.55. The standard InChI is InChI=1S/C17H15ClN2O4/c1-9-3-4-10(15(21)19-2)8-14(9)20-16(22)12-6-5-11(17(23)24)7-13(12)18/h3-8H,1-2H3,(H,19,21)(H,20,22)(H,23,24). The van der Waals surface area contributed by atoms with Crippen molar-refractivity contribution >= 4 is 35.1 Å². The topological polar surface area (TPSA) is 95.5 Å². The number of amides is 2. The van der Waals surface area contributed by atoms with Crippen LogP contribution in [0.3, 0.4) is 0 Å². The molecule has 0 aliphatic carbocycles. The smallest absolute Gasteiger partial charge is 0.335 e. The number of carbonyl (C=O) groups is 3. The molecule has 0 saturated heterocycles. The SMILES string of the molecule is CNC(=O)c1ccc(C)c(NC(=O)c2ccc(C(=O)O)cc2Cl)c1. The fourth-order valence-electron chi connectivity index (χ4n) is 2.06. The Balaban J connectivity index is 2.30. The van der Waals surface area contributed by atoms with Crippen LogP contribution >= 0.6 is 11.6 Å². The van der Waals surface area contributed by atoms with E-state index < -0.39 is 11.9 Å². The fourth-order valence-corrected chi connectivity index (χ4v) is 2.33. The quantitative estimate of drug-likeness (QED) is 0.793. The van der Waals surface area contributed by atoms with E-state index in [0.717, 1.165) is 5.56 Å². The Labute approximate surface area is 143 Å². The molecule has 0 atom stereocenters. The number of hydrogen-bond donors (Lipinski definition) is 3. The highest BCUT2D eigenvalue weighted by Crippen LogP contribution is 2.22. The Hall–Kier alpha value is -2.86. The molecule has 2 aromatic carbocycles. The molecule has 2 aromatic rings. The predicted molar refractivity (Wildman–Crippen MR) is 90.9 cm³/mol. The van der Waals surface area contributed by atoms with Gasteiger partial charge >= 0.3 is 5.97 Å². The van der Waals surface area contributed by atoms with Crippen molar-refractivity contribution in [1.82, 2.24) is 5.32 Å². The largest absolute Gasteiger partial charge is 0.478 e. The van der Waals surface area contributed by atoms with E-state index in [1.54, 1.807) is 25.1 Å². The highest BCUT2D eigenvalue weighted by Gasteiger charge is 2.15. The first-order chi connectivity index (χ1) is 11.3. The van der Waals surface area contributed by atoms with Crippen molar-refractivity contribution in [3.05, 3.63) is 63.7 Å². The summed E-state index contributed by atoms with van der Waals surface area (Å²) in [4.78, 5) is 35.0. The molecule has 2 rings (SSSR count). The second kappa shape index (κ2) is 7.14. The van der Waals surface area contributed by atoms with Gasteiger partial charge in [0.1, 0.15) is 0 Å². The van der Waals surface area contributed by atoms with Crippen molar-refractivity contribution in [2.75, 3.05) is 12.4 Å². The molecule has 0 aliphatic heterocycles. The number of aryl methyl sites for hydroxylation is 1. The van der Waals surface area contributed by atoms with Gasteiger partial charge in [-0.2, -0.15) is 0 Å². The van der Waals surface area contributed by atoms with Gasteiger partial charge < -0.3 is 15.7 Å². The lowest BCUT2D eigenvalue weighted by atomic mass is 10.1. The van der Waals surface area contributed by atoms with E-state index in [0.29, 0.717) is 11.3 Å². The summed E-state index contributed by atoms with van der Waals surface area (Å²) in [5.41, 5.74) is 1.79. The van der Waals surface area contributed by atoms with E-state index in [9.17, 15) is 14.4 Å². The van der Waals surface area contributed by atoms with Gasteiger partial charge in [0.15, 0.2) is 0 Å². The third-order valence-corrected chi connectivity index (χ3v) is 3.75. The van der Waals surface area contributed by atoms with Crippen molar-refractivity contribution in [3.8, 4) is 0 Å². The summed E-state index contributed by atoms with van der Waals surface area (Å²) < 4.78 is 0. The van der Waals surface area contributed by atoms with Crippen molar-refractivity contribution in [1.29, 1.82) is 0 Å². The fraction of sp³-hybridized carbons (Fsp3) is 0.118. The average molecular weight is 347 g/mol. The highest BCUT2D eigenvalue weighted by molar-refractivity contribution is 6.34. The molecule has 0 spiro atoms. The molecule has 2 amide bonds. The zero-order chi connectivity index (χ0) is 17.9. The normalized spacial score (nSPS) is 10.1. The van der Waals surface area contributed by atoms with E-state index >= 15 is 0 Å². The van der Waals surface area contributed by atoms with Crippen LogP contribution in [0.1, 0.15) is 36.6 Å². The molecule has 0 unspecified atom stereocenters. The monoisotopic (exact) mass is 346 g/mol. The number of halogens is 1. The van der Waals surface area contributed by atoms with E-state index in [1.807, 2.05) is 0 Å². The van der Waals surface area contributed by atoms with E-state index in [4.69, 9.17) is 16.7 Å². The zero-order valence-corrected chi connectivity index (χ0v) is 13.8. The maximum atomic E-state index is 12.4. The molecule has 0 heterocycles. The molecular formula is C17H15ClN2O4. The lowest BCUT2D eigenvalue weighted by Gasteiger charge is -2.11. The van der Waals surface area contributed by atoms with Crippen LogP contribution in [-0.4, -0.2) is 29.9 Å². The van der Waals surface area contributed by atoms with Crippen molar-refractivity contribution in [2.24, 2.45) is 0 Å². The number of aromatic carboxylic acids is 1. The summed E-state index contributed by atoms with van der Waals surface area (Å²) >= 11 is 5.99. The van der Waals surface area contributed by atoms with E-state index in [-0.39, 0.29) is 22.1 Å². The van der Waals surface area contributed by atoms with Gasteiger partial charge in [0.2, 0.25) is 0 Å². The summed E-state index contributed by atoms with van der Waals surface area (Å²) in [6.45, 7) is 1.79. The first kappa shape index (κ1) is 17.5. The van der Waals surface area contributed by atoms with Gasteiger partial charge in [0.05, 0.1) is 16.1 Å². The Kier molecular flexibility index (Phi) is 5.21. The molecule has 0 aliphatic rings. The number of anilines is 1.